The number of ether oxygens (including phenoxy) is 2. The fraction of sp³-hybridized carbons (Fsp3) is 0.750. The van der Waals surface area contributed by atoms with Crippen LogP contribution in [0, 0.1) is 0 Å². The second-order valence-electron chi connectivity index (χ2n) is 4.28. The van der Waals surface area contributed by atoms with Gasteiger partial charge in [-0.15, -0.1) is 0 Å². The Morgan fingerprint density at radius 2 is 2.59 bits per heavy atom. The molecule has 96 valence electrons. The van der Waals surface area contributed by atoms with E-state index in [1.807, 2.05) is 6.20 Å². The van der Waals surface area contributed by atoms with Gasteiger partial charge in [-0.25, -0.2) is 4.98 Å². The predicted molar refractivity (Wildman–Crippen MR) is 64.7 cm³/mol. The molecule has 2 rings (SSSR count). The molecule has 1 aromatic rings. The third-order valence-corrected chi connectivity index (χ3v) is 2.82. The van der Waals surface area contributed by atoms with Gasteiger partial charge < -0.3 is 19.8 Å². The van der Waals surface area contributed by atoms with Crippen molar-refractivity contribution < 1.29 is 9.47 Å². The van der Waals surface area contributed by atoms with Crippen molar-refractivity contribution in [2.75, 3.05) is 26.4 Å². The van der Waals surface area contributed by atoms with Crippen LogP contribution >= 0.6 is 0 Å². The standard InChI is InChI=1S/C12H21N3O2/c1-3-11(17-8-1)10-16-7-2-4-13-9-12-14-5-6-15-12/h5-6,11,13H,1-4,7-10H2,(H,14,15). The maximum atomic E-state index is 5.57. The van der Waals surface area contributed by atoms with E-state index >= 15 is 0 Å². The molecule has 17 heavy (non-hydrogen) atoms. The number of nitrogens with zero attached hydrogens (tertiary/aromatic N) is 1. The number of H-pyrrole nitrogens is 1. The lowest BCUT2D eigenvalue weighted by molar-refractivity contribution is 0.0166. The molecule has 2 heterocycles. The summed E-state index contributed by atoms with van der Waals surface area (Å²) in [6.45, 7) is 4.19. The molecule has 0 aromatic carbocycles. The zero-order valence-electron chi connectivity index (χ0n) is 10.2. The van der Waals surface area contributed by atoms with E-state index in [0.29, 0.717) is 6.10 Å². The molecule has 1 saturated heterocycles. The number of rotatable bonds is 8. The Morgan fingerprint density at radius 1 is 1.59 bits per heavy atom. The Hall–Kier alpha value is -0.910. The SMILES string of the molecule is c1c[nH]c(CNCCCOCC2CCCO2)n1. The molecular formula is C12H21N3O2. The number of hydrogen-bond donors (Lipinski definition) is 2. The molecule has 1 unspecified atom stereocenters. The number of nitrogens with one attached hydrogen (secondary N) is 2. The van der Waals surface area contributed by atoms with Crippen LogP contribution in [0.15, 0.2) is 12.4 Å². The van der Waals surface area contributed by atoms with Crippen molar-refractivity contribution >= 4 is 0 Å². The molecule has 0 bridgehead atoms. The van der Waals surface area contributed by atoms with E-state index < -0.39 is 0 Å². The zero-order chi connectivity index (χ0) is 11.8. The normalized spacial score (nSPS) is 19.9. The number of aromatic nitrogens is 2. The van der Waals surface area contributed by atoms with Gasteiger partial charge in [-0.1, -0.05) is 0 Å². The Bertz CT molecular complexity index is 284. The van der Waals surface area contributed by atoms with Crippen LogP contribution in [0.3, 0.4) is 0 Å². The number of imidazole rings is 1. The van der Waals surface area contributed by atoms with Crippen LogP contribution in [0.2, 0.25) is 0 Å². The molecule has 0 spiro atoms. The first kappa shape index (κ1) is 12.5. The van der Waals surface area contributed by atoms with Crippen molar-refractivity contribution in [1.82, 2.24) is 15.3 Å². The number of hydrogen-bond acceptors (Lipinski definition) is 4. The van der Waals surface area contributed by atoms with Crippen LogP contribution in [0.5, 0.6) is 0 Å². The number of aromatic amines is 1. The van der Waals surface area contributed by atoms with Crippen LogP contribution in [-0.2, 0) is 16.0 Å². The van der Waals surface area contributed by atoms with E-state index in [9.17, 15) is 0 Å². The molecule has 5 nitrogen and oxygen atoms in total. The van der Waals surface area contributed by atoms with Gasteiger partial charge in [0.2, 0.25) is 0 Å². The van der Waals surface area contributed by atoms with E-state index in [-0.39, 0.29) is 0 Å². The summed E-state index contributed by atoms with van der Waals surface area (Å²) in [4.78, 5) is 7.19. The van der Waals surface area contributed by atoms with Crippen LogP contribution in [0.25, 0.3) is 0 Å². The molecular weight excluding hydrogens is 218 g/mol. The fourth-order valence-electron chi connectivity index (χ4n) is 1.89. The van der Waals surface area contributed by atoms with Gasteiger partial charge in [0, 0.05) is 25.6 Å². The maximum absolute atomic E-state index is 5.57. The summed E-state index contributed by atoms with van der Waals surface area (Å²) in [5.74, 6) is 0.977. The summed E-state index contributed by atoms with van der Waals surface area (Å²) < 4.78 is 11.0. The highest BCUT2D eigenvalue weighted by molar-refractivity contribution is 4.85. The Balaban J connectivity index is 1.39. The second-order valence-corrected chi connectivity index (χ2v) is 4.28. The molecule has 1 atom stereocenters. The van der Waals surface area contributed by atoms with Gasteiger partial charge in [0.05, 0.1) is 19.3 Å². The van der Waals surface area contributed by atoms with Gasteiger partial charge >= 0.3 is 0 Å². The van der Waals surface area contributed by atoms with Crippen LogP contribution in [-0.4, -0.2) is 42.4 Å². The molecule has 2 N–H and O–H groups in total. The van der Waals surface area contributed by atoms with Gasteiger partial charge in [-0.05, 0) is 25.8 Å². The van der Waals surface area contributed by atoms with E-state index in [1.165, 1.54) is 6.42 Å². The molecule has 5 heteroatoms. The highest BCUT2D eigenvalue weighted by atomic mass is 16.5. The summed E-state index contributed by atoms with van der Waals surface area (Å²) in [5.41, 5.74) is 0. The van der Waals surface area contributed by atoms with E-state index in [4.69, 9.17) is 9.47 Å². The monoisotopic (exact) mass is 239 g/mol. The minimum atomic E-state index is 0.339. The first-order chi connectivity index (χ1) is 8.45. The smallest absolute Gasteiger partial charge is 0.120 e. The van der Waals surface area contributed by atoms with Gasteiger partial charge in [-0.3, -0.25) is 0 Å². The maximum Gasteiger partial charge on any atom is 0.120 e. The van der Waals surface area contributed by atoms with E-state index in [1.54, 1.807) is 6.20 Å². The van der Waals surface area contributed by atoms with Gasteiger partial charge in [0.1, 0.15) is 5.82 Å². The molecule has 0 aliphatic carbocycles. The van der Waals surface area contributed by atoms with Crippen molar-refractivity contribution in [2.24, 2.45) is 0 Å². The molecule has 0 radical (unpaired) electrons. The van der Waals surface area contributed by atoms with E-state index in [0.717, 1.165) is 51.6 Å². The Morgan fingerprint density at radius 3 is 3.35 bits per heavy atom. The molecule has 0 saturated carbocycles. The first-order valence-corrected chi connectivity index (χ1v) is 6.33. The summed E-state index contributed by atoms with van der Waals surface area (Å²) in [6.07, 6.45) is 7.29. The van der Waals surface area contributed by atoms with Crippen molar-refractivity contribution in [2.45, 2.75) is 31.9 Å². The summed E-state index contributed by atoms with van der Waals surface area (Å²) in [5, 5.41) is 3.31. The van der Waals surface area contributed by atoms with Crippen molar-refractivity contribution in [1.29, 1.82) is 0 Å². The van der Waals surface area contributed by atoms with Gasteiger partial charge in [-0.2, -0.15) is 0 Å². The highest BCUT2D eigenvalue weighted by Gasteiger charge is 2.14. The summed E-state index contributed by atoms with van der Waals surface area (Å²) >= 11 is 0. The lowest BCUT2D eigenvalue weighted by Gasteiger charge is -2.09. The zero-order valence-corrected chi connectivity index (χ0v) is 10.2. The Kier molecular flexibility index (Phi) is 5.48. The first-order valence-electron chi connectivity index (χ1n) is 6.33. The minimum Gasteiger partial charge on any atom is -0.379 e. The summed E-state index contributed by atoms with van der Waals surface area (Å²) in [6, 6.07) is 0. The molecule has 1 aliphatic rings. The molecule has 1 aliphatic heterocycles. The predicted octanol–water partition coefficient (Wildman–Crippen LogP) is 1.08. The van der Waals surface area contributed by atoms with Crippen LogP contribution in [0.4, 0.5) is 0 Å². The minimum absolute atomic E-state index is 0.339. The van der Waals surface area contributed by atoms with Crippen molar-refractivity contribution in [3.05, 3.63) is 18.2 Å². The van der Waals surface area contributed by atoms with Gasteiger partial charge in [0.25, 0.3) is 0 Å². The third kappa shape index (κ3) is 4.85. The fourth-order valence-corrected chi connectivity index (χ4v) is 1.89. The molecule has 1 aromatic heterocycles. The van der Waals surface area contributed by atoms with Crippen LogP contribution < -0.4 is 5.32 Å². The molecule has 0 amide bonds. The largest absolute Gasteiger partial charge is 0.379 e. The highest BCUT2D eigenvalue weighted by Crippen LogP contribution is 2.11. The second kappa shape index (κ2) is 7.42. The van der Waals surface area contributed by atoms with Crippen molar-refractivity contribution in [3.8, 4) is 0 Å². The average Bonchev–Trinajstić information content (AvgIpc) is 3.00. The topological polar surface area (TPSA) is 59.2 Å². The lowest BCUT2D eigenvalue weighted by Crippen LogP contribution is -2.19. The third-order valence-electron chi connectivity index (χ3n) is 2.82. The Labute approximate surface area is 102 Å². The van der Waals surface area contributed by atoms with E-state index in [2.05, 4.69) is 15.3 Å². The molecule has 1 fully saturated rings. The quantitative estimate of drug-likeness (QED) is 0.667. The summed E-state index contributed by atoms with van der Waals surface area (Å²) in [7, 11) is 0. The van der Waals surface area contributed by atoms with Crippen molar-refractivity contribution in [3.63, 3.8) is 0 Å². The average molecular weight is 239 g/mol. The van der Waals surface area contributed by atoms with Gasteiger partial charge in [0.15, 0.2) is 0 Å². The van der Waals surface area contributed by atoms with Crippen LogP contribution in [0.1, 0.15) is 25.1 Å². The lowest BCUT2D eigenvalue weighted by atomic mass is 10.2.